The number of benzene rings is 1. The van der Waals surface area contributed by atoms with Crippen LogP contribution < -0.4 is 0 Å². The molecule has 0 radical (unpaired) electrons. The third-order valence-electron chi connectivity index (χ3n) is 3.41. The van der Waals surface area contributed by atoms with Gasteiger partial charge in [0.2, 0.25) is 0 Å². The molecule has 1 heterocycles. The molecule has 5 nitrogen and oxygen atoms in total. The van der Waals surface area contributed by atoms with E-state index in [1.54, 1.807) is 0 Å². The van der Waals surface area contributed by atoms with Crippen molar-refractivity contribution in [2.45, 2.75) is 39.8 Å². The maximum Gasteiger partial charge on any atom is 0.257 e. The van der Waals surface area contributed by atoms with Gasteiger partial charge < -0.3 is 9.63 Å². The second-order valence-electron chi connectivity index (χ2n) is 5.53. The lowest BCUT2D eigenvalue weighted by Gasteiger charge is -2.24. The average Bonchev–Trinajstić information content (AvgIpc) is 2.91. The molecule has 0 fully saturated rings. The van der Waals surface area contributed by atoms with Gasteiger partial charge in [-0.15, -0.1) is 0 Å². The van der Waals surface area contributed by atoms with Crippen molar-refractivity contribution in [3.8, 4) is 11.5 Å². The number of hydrogen-bond acceptors (Lipinski definition) is 5. The fourth-order valence-electron chi connectivity index (χ4n) is 2.19. The Morgan fingerprint density at radius 1 is 1.33 bits per heavy atom. The van der Waals surface area contributed by atoms with E-state index in [2.05, 4.69) is 28.9 Å². The van der Waals surface area contributed by atoms with Crippen molar-refractivity contribution in [2.24, 2.45) is 0 Å². The predicted octanol–water partition coefficient (Wildman–Crippen LogP) is 2.64. The molecule has 0 aliphatic heterocycles. The van der Waals surface area contributed by atoms with Crippen molar-refractivity contribution in [3.05, 3.63) is 35.7 Å². The first-order valence-corrected chi connectivity index (χ1v) is 7.34. The lowest BCUT2D eigenvalue weighted by Crippen LogP contribution is -2.32. The zero-order chi connectivity index (χ0) is 15.2. The van der Waals surface area contributed by atoms with E-state index in [1.165, 1.54) is 5.56 Å². The maximum absolute atomic E-state index is 8.97. The van der Waals surface area contributed by atoms with Gasteiger partial charge in [-0.3, -0.25) is 4.90 Å². The zero-order valence-electron chi connectivity index (χ0n) is 12.9. The minimum atomic E-state index is 0.198. The Hall–Kier alpha value is -1.72. The van der Waals surface area contributed by atoms with Crippen LogP contribution in [-0.2, 0) is 6.54 Å². The van der Waals surface area contributed by atoms with E-state index in [0.29, 0.717) is 24.3 Å². The summed E-state index contributed by atoms with van der Waals surface area (Å²) in [6, 6.07) is 8.39. The Balaban J connectivity index is 2.08. The van der Waals surface area contributed by atoms with Crippen LogP contribution in [0.1, 0.15) is 31.7 Å². The Kier molecular flexibility index (Phi) is 5.47. The highest BCUT2D eigenvalue weighted by molar-refractivity contribution is 5.53. The summed E-state index contributed by atoms with van der Waals surface area (Å²) in [5, 5.41) is 13.0. The Morgan fingerprint density at radius 3 is 2.81 bits per heavy atom. The number of aromatic nitrogens is 2. The molecule has 2 aromatic rings. The normalized spacial score (nSPS) is 11.5. The van der Waals surface area contributed by atoms with E-state index >= 15 is 0 Å². The molecule has 5 heteroatoms. The fourth-order valence-corrected chi connectivity index (χ4v) is 2.19. The molecule has 1 N–H and O–H groups in total. The summed E-state index contributed by atoms with van der Waals surface area (Å²) in [6.07, 6.45) is 0.751. The summed E-state index contributed by atoms with van der Waals surface area (Å²) < 4.78 is 5.35. The van der Waals surface area contributed by atoms with Crippen LogP contribution in [0, 0.1) is 6.92 Å². The van der Waals surface area contributed by atoms with Crippen LogP contribution in [0.2, 0.25) is 0 Å². The van der Waals surface area contributed by atoms with Gasteiger partial charge in [0.1, 0.15) is 0 Å². The molecule has 0 aliphatic rings. The molecule has 0 amide bonds. The van der Waals surface area contributed by atoms with Gasteiger partial charge in [-0.2, -0.15) is 4.98 Å². The average molecular weight is 289 g/mol. The van der Waals surface area contributed by atoms with Crippen LogP contribution >= 0.6 is 0 Å². The number of hydrogen-bond donors (Lipinski definition) is 1. The standard InChI is InChI=1S/C16H23N3O2/c1-12(2)19(8-5-9-20)11-15-17-16(21-18-15)14-7-4-6-13(3)10-14/h4,6-7,10,12,20H,5,8-9,11H2,1-3H3. The molecular weight excluding hydrogens is 266 g/mol. The molecule has 114 valence electrons. The van der Waals surface area contributed by atoms with Crippen molar-refractivity contribution in [3.63, 3.8) is 0 Å². The third-order valence-corrected chi connectivity index (χ3v) is 3.41. The number of nitrogens with zero attached hydrogens (tertiary/aromatic N) is 3. The first-order valence-electron chi connectivity index (χ1n) is 7.34. The van der Waals surface area contributed by atoms with E-state index in [1.807, 2.05) is 31.2 Å². The predicted molar refractivity (Wildman–Crippen MR) is 81.7 cm³/mol. The Morgan fingerprint density at radius 2 is 2.14 bits per heavy atom. The minimum absolute atomic E-state index is 0.198. The number of aliphatic hydroxyl groups excluding tert-OH is 1. The Labute approximate surface area is 125 Å². The van der Waals surface area contributed by atoms with Gasteiger partial charge in [-0.25, -0.2) is 0 Å². The largest absolute Gasteiger partial charge is 0.396 e. The van der Waals surface area contributed by atoms with Crippen molar-refractivity contribution in [1.82, 2.24) is 15.0 Å². The second-order valence-corrected chi connectivity index (χ2v) is 5.53. The topological polar surface area (TPSA) is 62.4 Å². The fraction of sp³-hybridized carbons (Fsp3) is 0.500. The molecule has 0 saturated carbocycles. The molecule has 1 aromatic carbocycles. The number of rotatable bonds is 7. The molecule has 0 atom stereocenters. The molecule has 21 heavy (non-hydrogen) atoms. The van der Waals surface area contributed by atoms with Gasteiger partial charge in [0.15, 0.2) is 5.82 Å². The van der Waals surface area contributed by atoms with Crippen LogP contribution in [0.5, 0.6) is 0 Å². The number of aryl methyl sites for hydroxylation is 1. The minimum Gasteiger partial charge on any atom is -0.396 e. The van der Waals surface area contributed by atoms with E-state index in [9.17, 15) is 0 Å². The zero-order valence-corrected chi connectivity index (χ0v) is 12.9. The van der Waals surface area contributed by atoms with E-state index in [0.717, 1.165) is 18.5 Å². The van der Waals surface area contributed by atoms with Gasteiger partial charge in [-0.1, -0.05) is 22.9 Å². The third kappa shape index (κ3) is 4.37. The first-order chi connectivity index (χ1) is 10.1. The van der Waals surface area contributed by atoms with Crippen LogP contribution in [-0.4, -0.2) is 39.3 Å². The first kappa shape index (κ1) is 15.7. The lowest BCUT2D eigenvalue weighted by molar-refractivity contribution is 0.179. The SMILES string of the molecule is Cc1cccc(-c2nc(CN(CCCO)C(C)C)no2)c1. The second kappa shape index (κ2) is 7.33. The van der Waals surface area contributed by atoms with Crippen molar-refractivity contribution < 1.29 is 9.63 Å². The monoisotopic (exact) mass is 289 g/mol. The van der Waals surface area contributed by atoms with E-state index in [4.69, 9.17) is 9.63 Å². The highest BCUT2D eigenvalue weighted by Gasteiger charge is 2.15. The number of aliphatic hydroxyl groups is 1. The quantitative estimate of drug-likeness (QED) is 0.849. The summed E-state index contributed by atoms with van der Waals surface area (Å²) in [7, 11) is 0. The molecule has 1 aromatic heterocycles. The van der Waals surface area contributed by atoms with Crippen LogP contribution in [0.4, 0.5) is 0 Å². The summed E-state index contributed by atoms with van der Waals surface area (Å²) in [5.74, 6) is 1.23. The van der Waals surface area contributed by atoms with Crippen LogP contribution in [0.25, 0.3) is 11.5 Å². The summed E-state index contributed by atoms with van der Waals surface area (Å²) in [6.45, 7) is 7.94. The van der Waals surface area contributed by atoms with Crippen LogP contribution in [0.3, 0.4) is 0 Å². The van der Waals surface area contributed by atoms with E-state index in [-0.39, 0.29) is 6.61 Å². The lowest BCUT2D eigenvalue weighted by atomic mass is 10.1. The van der Waals surface area contributed by atoms with Gasteiger partial charge in [0.05, 0.1) is 6.54 Å². The van der Waals surface area contributed by atoms with Crippen molar-refractivity contribution in [2.75, 3.05) is 13.2 Å². The molecule has 2 rings (SSSR count). The van der Waals surface area contributed by atoms with Gasteiger partial charge in [-0.05, 0) is 39.3 Å². The summed E-state index contributed by atoms with van der Waals surface area (Å²) in [4.78, 5) is 6.69. The molecule has 0 saturated heterocycles. The molecule has 0 spiro atoms. The van der Waals surface area contributed by atoms with Crippen molar-refractivity contribution in [1.29, 1.82) is 0 Å². The molecule has 0 bridgehead atoms. The summed E-state index contributed by atoms with van der Waals surface area (Å²) in [5.41, 5.74) is 2.11. The molecule has 0 unspecified atom stereocenters. The maximum atomic E-state index is 8.97. The van der Waals surface area contributed by atoms with E-state index < -0.39 is 0 Å². The van der Waals surface area contributed by atoms with Gasteiger partial charge >= 0.3 is 0 Å². The highest BCUT2D eigenvalue weighted by Crippen LogP contribution is 2.19. The van der Waals surface area contributed by atoms with Crippen LogP contribution in [0.15, 0.2) is 28.8 Å². The molecule has 0 aliphatic carbocycles. The molecular formula is C16H23N3O2. The Bertz CT molecular complexity index is 566. The highest BCUT2D eigenvalue weighted by atomic mass is 16.5. The van der Waals surface area contributed by atoms with Gasteiger partial charge in [0.25, 0.3) is 5.89 Å². The smallest absolute Gasteiger partial charge is 0.257 e. The van der Waals surface area contributed by atoms with Gasteiger partial charge in [0, 0.05) is 24.8 Å². The summed E-state index contributed by atoms with van der Waals surface area (Å²) >= 11 is 0. The van der Waals surface area contributed by atoms with Crippen molar-refractivity contribution >= 4 is 0 Å².